The highest BCUT2D eigenvalue weighted by Gasteiger charge is 2.24. The van der Waals surface area contributed by atoms with Gasteiger partial charge in [-0.2, -0.15) is 0 Å². The normalized spacial score (nSPS) is 13.2. The molecule has 1 rings (SSSR count). The molecule has 0 aliphatic rings. The van der Waals surface area contributed by atoms with E-state index in [9.17, 15) is 10.1 Å². The Kier molecular flexibility index (Phi) is 5.96. The van der Waals surface area contributed by atoms with Crippen molar-refractivity contribution < 1.29 is 4.92 Å². The summed E-state index contributed by atoms with van der Waals surface area (Å²) in [6, 6.07) is 5.22. The second kappa shape index (κ2) is 7.04. The fraction of sp³-hybridized carbons (Fsp3) is 0.600. The van der Waals surface area contributed by atoms with Gasteiger partial charge >= 0.3 is 0 Å². The van der Waals surface area contributed by atoms with Gasteiger partial charge in [0, 0.05) is 22.7 Å². The van der Waals surface area contributed by atoms with Gasteiger partial charge < -0.3 is 5.32 Å². The number of nitro groups is 1. The van der Waals surface area contributed by atoms with Crippen molar-refractivity contribution in [2.24, 2.45) is 5.41 Å². The van der Waals surface area contributed by atoms with Gasteiger partial charge in [0.25, 0.3) is 5.69 Å². The summed E-state index contributed by atoms with van der Waals surface area (Å²) < 4.78 is 0. The van der Waals surface area contributed by atoms with Crippen LogP contribution in [0.5, 0.6) is 0 Å². The predicted octanol–water partition coefficient (Wildman–Crippen LogP) is 4.21. The highest BCUT2D eigenvalue weighted by molar-refractivity contribution is 6.30. The minimum absolute atomic E-state index is 0.113. The second-order valence-electron chi connectivity index (χ2n) is 6.05. The summed E-state index contributed by atoms with van der Waals surface area (Å²) in [7, 11) is 0. The third-order valence-electron chi connectivity index (χ3n) is 3.44. The highest BCUT2D eigenvalue weighted by Crippen LogP contribution is 2.28. The first kappa shape index (κ1) is 16.9. The molecule has 0 heterocycles. The standard InChI is InChI=1S/C15H23ClN2O2/c1-5-17-14(15(2,3)4)9-7-11-6-8-12(16)10-13(11)18(19)20/h6,8,10,14,17H,5,7,9H2,1-4H3. The minimum atomic E-state index is -0.361. The Morgan fingerprint density at radius 2 is 2.05 bits per heavy atom. The van der Waals surface area contributed by atoms with Gasteiger partial charge in [-0.3, -0.25) is 10.1 Å². The third kappa shape index (κ3) is 4.76. The number of halogens is 1. The predicted molar refractivity (Wildman–Crippen MR) is 83.3 cm³/mol. The maximum absolute atomic E-state index is 11.1. The Labute approximate surface area is 125 Å². The number of nitrogens with one attached hydrogen (secondary N) is 1. The molecule has 1 unspecified atom stereocenters. The number of rotatable bonds is 6. The molecular formula is C15H23ClN2O2. The summed E-state index contributed by atoms with van der Waals surface area (Å²) in [6.07, 6.45) is 1.53. The van der Waals surface area contributed by atoms with Crippen molar-refractivity contribution in [3.8, 4) is 0 Å². The molecular weight excluding hydrogens is 276 g/mol. The number of hydrogen-bond acceptors (Lipinski definition) is 3. The van der Waals surface area contributed by atoms with Crippen LogP contribution in [-0.4, -0.2) is 17.5 Å². The van der Waals surface area contributed by atoms with Crippen LogP contribution in [0.3, 0.4) is 0 Å². The minimum Gasteiger partial charge on any atom is -0.314 e. The lowest BCUT2D eigenvalue weighted by Gasteiger charge is -2.31. The van der Waals surface area contributed by atoms with Crippen molar-refractivity contribution in [2.75, 3.05) is 6.54 Å². The molecule has 0 aliphatic carbocycles. The molecule has 0 amide bonds. The van der Waals surface area contributed by atoms with Crippen LogP contribution in [0.1, 0.15) is 39.7 Å². The monoisotopic (exact) mass is 298 g/mol. The molecule has 112 valence electrons. The van der Waals surface area contributed by atoms with Crippen LogP contribution < -0.4 is 5.32 Å². The summed E-state index contributed by atoms with van der Waals surface area (Å²) in [5.74, 6) is 0. The van der Waals surface area contributed by atoms with Crippen molar-refractivity contribution >= 4 is 17.3 Å². The molecule has 0 spiro atoms. The van der Waals surface area contributed by atoms with E-state index in [0.717, 1.165) is 18.5 Å². The van der Waals surface area contributed by atoms with Crippen molar-refractivity contribution in [3.63, 3.8) is 0 Å². The second-order valence-corrected chi connectivity index (χ2v) is 6.48. The largest absolute Gasteiger partial charge is 0.314 e. The molecule has 4 nitrogen and oxygen atoms in total. The Bertz CT molecular complexity index is 469. The average molecular weight is 299 g/mol. The number of aryl methyl sites for hydroxylation is 1. The van der Waals surface area contributed by atoms with Gasteiger partial charge in [0.15, 0.2) is 0 Å². The third-order valence-corrected chi connectivity index (χ3v) is 3.68. The first-order chi connectivity index (χ1) is 9.25. The molecule has 0 saturated heterocycles. The van der Waals surface area contributed by atoms with Gasteiger partial charge in [0.05, 0.1) is 4.92 Å². The van der Waals surface area contributed by atoms with Gasteiger partial charge in [0.2, 0.25) is 0 Å². The zero-order valence-electron chi connectivity index (χ0n) is 12.6. The van der Waals surface area contributed by atoms with E-state index in [1.54, 1.807) is 12.1 Å². The van der Waals surface area contributed by atoms with Gasteiger partial charge in [-0.05, 0) is 30.9 Å². The SMILES string of the molecule is CCNC(CCc1ccc(Cl)cc1[N+](=O)[O-])C(C)(C)C. The number of nitro benzene ring substituents is 1. The fourth-order valence-corrected chi connectivity index (χ4v) is 2.47. The van der Waals surface area contributed by atoms with E-state index in [1.807, 2.05) is 0 Å². The Hall–Kier alpha value is -1.13. The van der Waals surface area contributed by atoms with Crippen LogP contribution in [0.4, 0.5) is 5.69 Å². The molecule has 20 heavy (non-hydrogen) atoms. The van der Waals surface area contributed by atoms with E-state index in [0.29, 0.717) is 17.5 Å². The molecule has 0 fully saturated rings. The van der Waals surface area contributed by atoms with E-state index >= 15 is 0 Å². The number of nitrogens with zero attached hydrogens (tertiary/aromatic N) is 1. The van der Waals surface area contributed by atoms with E-state index in [4.69, 9.17) is 11.6 Å². The van der Waals surface area contributed by atoms with E-state index in [2.05, 4.69) is 33.0 Å². The van der Waals surface area contributed by atoms with Crippen molar-refractivity contribution in [3.05, 3.63) is 38.9 Å². The van der Waals surface area contributed by atoms with Crippen molar-refractivity contribution in [1.29, 1.82) is 0 Å². The average Bonchev–Trinajstić information content (AvgIpc) is 2.34. The maximum atomic E-state index is 11.1. The molecule has 1 N–H and O–H groups in total. The Morgan fingerprint density at radius 3 is 2.55 bits per heavy atom. The molecule has 0 aliphatic heterocycles. The molecule has 0 saturated carbocycles. The first-order valence-electron chi connectivity index (χ1n) is 6.92. The van der Waals surface area contributed by atoms with Crippen molar-refractivity contribution in [1.82, 2.24) is 5.32 Å². The fourth-order valence-electron chi connectivity index (χ4n) is 2.31. The van der Waals surface area contributed by atoms with Crippen LogP contribution in [0, 0.1) is 15.5 Å². The van der Waals surface area contributed by atoms with Gasteiger partial charge in [-0.15, -0.1) is 0 Å². The molecule has 0 bridgehead atoms. The molecule has 0 radical (unpaired) electrons. The van der Waals surface area contributed by atoms with Gasteiger partial charge in [-0.1, -0.05) is 45.4 Å². The quantitative estimate of drug-likeness (QED) is 0.632. The number of hydrogen-bond donors (Lipinski definition) is 1. The zero-order valence-corrected chi connectivity index (χ0v) is 13.3. The van der Waals surface area contributed by atoms with Crippen LogP contribution >= 0.6 is 11.6 Å². The maximum Gasteiger partial charge on any atom is 0.274 e. The lowest BCUT2D eigenvalue weighted by atomic mass is 9.83. The summed E-state index contributed by atoms with van der Waals surface area (Å²) in [5, 5.41) is 14.9. The molecule has 0 aromatic heterocycles. The molecule has 1 aromatic rings. The molecule has 1 atom stereocenters. The van der Waals surface area contributed by atoms with Gasteiger partial charge in [0.1, 0.15) is 0 Å². The summed E-state index contributed by atoms with van der Waals surface area (Å²) in [5.41, 5.74) is 0.977. The summed E-state index contributed by atoms with van der Waals surface area (Å²) in [6.45, 7) is 9.50. The lowest BCUT2D eigenvalue weighted by Crippen LogP contribution is -2.40. The molecule has 5 heteroatoms. The van der Waals surface area contributed by atoms with Gasteiger partial charge in [-0.25, -0.2) is 0 Å². The van der Waals surface area contributed by atoms with Crippen LogP contribution in [0.2, 0.25) is 5.02 Å². The van der Waals surface area contributed by atoms with Crippen molar-refractivity contribution in [2.45, 2.75) is 46.6 Å². The van der Waals surface area contributed by atoms with E-state index in [1.165, 1.54) is 6.07 Å². The van der Waals surface area contributed by atoms with Crippen LogP contribution in [0.25, 0.3) is 0 Å². The lowest BCUT2D eigenvalue weighted by molar-refractivity contribution is -0.385. The highest BCUT2D eigenvalue weighted by atomic mass is 35.5. The van der Waals surface area contributed by atoms with Crippen LogP contribution in [0.15, 0.2) is 18.2 Å². The smallest absolute Gasteiger partial charge is 0.274 e. The zero-order chi connectivity index (χ0) is 15.3. The van der Waals surface area contributed by atoms with Crippen LogP contribution in [-0.2, 0) is 6.42 Å². The van der Waals surface area contributed by atoms with E-state index < -0.39 is 0 Å². The summed E-state index contributed by atoms with van der Waals surface area (Å²) >= 11 is 5.83. The summed E-state index contributed by atoms with van der Waals surface area (Å²) in [4.78, 5) is 10.7. The molecule has 1 aromatic carbocycles. The van der Waals surface area contributed by atoms with E-state index in [-0.39, 0.29) is 16.0 Å². The first-order valence-corrected chi connectivity index (χ1v) is 7.29. The Morgan fingerprint density at radius 1 is 1.40 bits per heavy atom. The topological polar surface area (TPSA) is 55.2 Å². The Balaban J connectivity index is 2.85. The number of benzene rings is 1.